The van der Waals surface area contributed by atoms with Crippen molar-refractivity contribution < 1.29 is 4.42 Å². The third kappa shape index (κ3) is 2.99. The van der Waals surface area contributed by atoms with Crippen LogP contribution in [0.2, 0.25) is 5.02 Å². The van der Waals surface area contributed by atoms with Crippen LogP contribution in [0.1, 0.15) is 38.2 Å². The zero-order chi connectivity index (χ0) is 14.8. The Morgan fingerprint density at radius 3 is 3.05 bits per heavy atom. The van der Waals surface area contributed by atoms with Crippen LogP contribution in [0.3, 0.4) is 0 Å². The highest BCUT2D eigenvalue weighted by Crippen LogP contribution is 2.22. The minimum atomic E-state index is 0.0409. The van der Waals surface area contributed by atoms with E-state index in [-0.39, 0.29) is 5.43 Å². The average Bonchev–Trinajstić information content (AvgIpc) is 2.51. The summed E-state index contributed by atoms with van der Waals surface area (Å²) in [6, 6.07) is 5.76. The number of likely N-dealkylation sites (tertiary alicyclic amines) is 1. The number of rotatable bonds is 3. The van der Waals surface area contributed by atoms with Crippen LogP contribution >= 0.6 is 11.6 Å². The van der Waals surface area contributed by atoms with Gasteiger partial charge >= 0.3 is 0 Å². The number of halogens is 1. The first-order valence-corrected chi connectivity index (χ1v) is 8.01. The molecule has 0 saturated carbocycles. The Morgan fingerprint density at radius 2 is 2.24 bits per heavy atom. The predicted molar refractivity (Wildman–Crippen MR) is 85.8 cm³/mol. The van der Waals surface area contributed by atoms with E-state index in [1.54, 1.807) is 24.5 Å². The lowest BCUT2D eigenvalue weighted by molar-refractivity contribution is 0.135. The lowest BCUT2D eigenvalue weighted by atomic mass is 9.99. The summed E-state index contributed by atoms with van der Waals surface area (Å²) in [5.74, 6) is 0. The maximum atomic E-state index is 12.6. The van der Waals surface area contributed by atoms with Crippen LogP contribution in [0, 0.1) is 0 Å². The number of nitrogens with zero attached hydrogens (tertiary/aromatic N) is 1. The zero-order valence-corrected chi connectivity index (χ0v) is 13.0. The third-order valence-corrected chi connectivity index (χ3v) is 4.63. The average molecular weight is 306 g/mol. The Bertz CT molecular complexity index is 695. The van der Waals surface area contributed by atoms with Gasteiger partial charge in [-0.15, -0.1) is 0 Å². The summed E-state index contributed by atoms with van der Waals surface area (Å²) in [5.41, 5.74) is 1.36. The highest BCUT2D eigenvalue weighted by atomic mass is 35.5. The summed E-state index contributed by atoms with van der Waals surface area (Å²) in [4.78, 5) is 15.0. The number of hydrogen-bond donors (Lipinski definition) is 0. The van der Waals surface area contributed by atoms with Gasteiger partial charge in [0.05, 0.1) is 11.6 Å². The van der Waals surface area contributed by atoms with Crippen LogP contribution in [0.4, 0.5) is 0 Å². The molecule has 4 heteroatoms. The van der Waals surface area contributed by atoms with Crippen molar-refractivity contribution in [2.24, 2.45) is 0 Å². The molecular weight excluding hydrogens is 286 g/mol. The van der Waals surface area contributed by atoms with Crippen LogP contribution in [0.15, 0.2) is 33.7 Å². The molecule has 3 rings (SSSR count). The summed E-state index contributed by atoms with van der Waals surface area (Å²) in [5, 5.41) is 1.14. The molecule has 1 saturated heterocycles. The molecule has 1 aromatic carbocycles. The van der Waals surface area contributed by atoms with Crippen molar-refractivity contribution in [3.8, 4) is 0 Å². The van der Waals surface area contributed by atoms with Crippen LogP contribution in [0.5, 0.6) is 0 Å². The Hall–Kier alpha value is -1.32. The van der Waals surface area contributed by atoms with Gasteiger partial charge in [0, 0.05) is 23.2 Å². The zero-order valence-electron chi connectivity index (χ0n) is 12.3. The molecule has 1 unspecified atom stereocenters. The molecule has 112 valence electrons. The van der Waals surface area contributed by atoms with E-state index in [4.69, 9.17) is 16.0 Å². The fraction of sp³-hybridized carbons (Fsp3) is 0.471. The minimum Gasteiger partial charge on any atom is -0.464 e. The standard InChI is InChI=1S/C17H20ClNO2/c1-2-14-5-3-4-8-19(14)10-12-11-21-16-7-6-13(18)9-15(16)17(12)20/h6-7,9,11,14H,2-5,8,10H2,1H3. The Morgan fingerprint density at radius 1 is 1.38 bits per heavy atom. The molecule has 0 amide bonds. The first-order valence-electron chi connectivity index (χ1n) is 7.63. The second-order valence-electron chi connectivity index (χ2n) is 5.76. The topological polar surface area (TPSA) is 33.5 Å². The number of benzene rings is 1. The molecule has 0 spiro atoms. The molecule has 0 radical (unpaired) electrons. The molecule has 1 aliphatic heterocycles. The predicted octanol–water partition coefficient (Wildman–Crippen LogP) is 4.21. The number of piperidine rings is 1. The summed E-state index contributed by atoms with van der Waals surface area (Å²) in [6.07, 6.45) is 6.46. The van der Waals surface area contributed by atoms with Crippen molar-refractivity contribution in [1.82, 2.24) is 4.90 Å². The van der Waals surface area contributed by atoms with Crippen molar-refractivity contribution >= 4 is 22.6 Å². The van der Waals surface area contributed by atoms with Gasteiger partial charge in [-0.3, -0.25) is 9.69 Å². The second-order valence-corrected chi connectivity index (χ2v) is 6.20. The van der Waals surface area contributed by atoms with E-state index >= 15 is 0 Å². The Balaban J connectivity index is 1.93. The van der Waals surface area contributed by atoms with Crippen LogP contribution in [-0.2, 0) is 6.54 Å². The highest BCUT2D eigenvalue weighted by molar-refractivity contribution is 6.31. The van der Waals surface area contributed by atoms with Crippen molar-refractivity contribution in [2.45, 2.75) is 45.2 Å². The molecule has 2 aromatic rings. The molecule has 1 aliphatic rings. The second kappa shape index (κ2) is 6.20. The van der Waals surface area contributed by atoms with Crippen LogP contribution in [0.25, 0.3) is 11.0 Å². The lowest BCUT2D eigenvalue weighted by Gasteiger charge is -2.34. The fourth-order valence-corrected chi connectivity index (χ4v) is 3.37. The molecule has 3 nitrogen and oxygen atoms in total. The van der Waals surface area contributed by atoms with E-state index in [1.165, 1.54) is 19.3 Å². The Kier molecular flexibility index (Phi) is 4.32. The molecule has 0 aliphatic carbocycles. The van der Waals surface area contributed by atoms with E-state index in [1.807, 2.05) is 0 Å². The quantitative estimate of drug-likeness (QED) is 0.851. The van der Waals surface area contributed by atoms with Gasteiger partial charge in [0.2, 0.25) is 0 Å². The maximum absolute atomic E-state index is 12.6. The molecule has 2 heterocycles. The van der Waals surface area contributed by atoms with Gasteiger partial charge in [-0.25, -0.2) is 0 Å². The largest absolute Gasteiger partial charge is 0.464 e. The van der Waals surface area contributed by atoms with Crippen LogP contribution < -0.4 is 5.43 Å². The SMILES string of the molecule is CCC1CCCCN1Cc1coc2ccc(Cl)cc2c1=O. The van der Waals surface area contributed by atoms with Crippen molar-refractivity contribution in [3.05, 3.63) is 45.3 Å². The highest BCUT2D eigenvalue weighted by Gasteiger charge is 2.22. The molecule has 1 fully saturated rings. The van der Waals surface area contributed by atoms with Gasteiger partial charge in [-0.2, -0.15) is 0 Å². The minimum absolute atomic E-state index is 0.0409. The van der Waals surface area contributed by atoms with Crippen molar-refractivity contribution in [3.63, 3.8) is 0 Å². The normalized spacial score (nSPS) is 20.0. The summed E-state index contributed by atoms with van der Waals surface area (Å²) < 4.78 is 5.60. The van der Waals surface area contributed by atoms with Crippen LogP contribution in [-0.4, -0.2) is 17.5 Å². The van der Waals surface area contributed by atoms with Gasteiger partial charge in [0.15, 0.2) is 5.43 Å². The fourth-order valence-electron chi connectivity index (χ4n) is 3.20. The molecule has 0 N–H and O–H groups in total. The smallest absolute Gasteiger partial charge is 0.197 e. The van der Waals surface area contributed by atoms with Gasteiger partial charge < -0.3 is 4.42 Å². The number of fused-ring (bicyclic) bond motifs is 1. The van der Waals surface area contributed by atoms with E-state index in [9.17, 15) is 4.79 Å². The summed E-state index contributed by atoms with van der Waals surface area (Å²) >= 11 is 5.99. The molecule has 1 aromatic heterocycles. The van der Waals surface area contributed by atoms with Gasteiger partial charge in [-0.05, 0) is 44.0 Å². The van der Waals surface area contributed by atoms with Crippen molar-refractivity contribution in [2.75, 3.05) is 6.54 Å². The molecule has 21 heavy (non-hydrogen) atoms. The van der Waals surface area contributed by atoms with E-state index in [2.05, 4.69) is 11.8 Å². The number of hydrogen-bond acceptors (Lipinski definition) is 3. The van der Waals surface area contributed by atoms with Crippen molar-refractivity contribution in [1.29, 1.82) is 0 Å². The molecule has 0 bridgehead atoms. The lowest BCUT2D eigenvalue weighted by Crippen LogP contribution is -2.39. The summed E-state index contributed by atoms with van der Waals surface area (Å²) in [7, 11) is 0. The van der Waals surface area contributed by atoms with Gasteiger partial charge in [0.1, 0.15) is 5.58 Å². The third-order valence-electron chi connectivity index (χ3n) is 4.40. The molecule has 1 atom stereocenters. The monoisotopic (exact) mass is 305 g/mol. The molecular formula is C17H20ClNO2. The first-order chi connectivity index (χ1) is 10.2. The van der Waals surface area contributed by atoms with E-state index in [0.29, 0.717) is 28.6 Å². The van der Waals surface area contributed by atoms with E-state index < -0.39 is 0 Å². The van der Waals surface area contributed by atoms with E-state index in [0.717, 1.165) is 18.5 Å². The maximum Gasteiger partial charge on any atom is 0.197 e. The first kappa shape index (κ1) is 14.6. The van der Waals surface area contributed by atoms with Gasteiger partial charge in [-0.1, -0.05) is 24.9 Å². The Labute approximate surface area is 129 Å². The van der Waals surface area contributed by atoms with Gasteiger partial charge in [0.25, 0.3) is 0 Å². The summed E-state index contributed by atoms with van der Waals surface area (Å²) in [6.45, 7) is 3.94.